The summed E-state index contributed by atoms with van der Waals surface area (Å²) in [6.07, 6.45) is -4.67. The van der Waals surface area contributed by atoms with Crippen LogP contribution in [0.5, 0.6) is 0 Å². The minimum Gasteiger partial charge on any atom is -0.478 e. The number of carboxylic acids is 2. The fraction of sp³-hybridized carbons (Fsp3) is 0.111. The van der Waals surface area contributed by atoms with Crippen LogP contribution in [0, 0.1) is 0 Å². The van der Waals surface area contributed by atoms with Crippen molar-refractivity contribution in [2.24, 2.45) is 0 Å². The molecule has 5 aromatic carbocycles. The zero-order chi connectivity index (χ0) is 32.7. The van der Waals surface area contributed by atoms with Crippen molar-refractivity contribution in [2.45, 2.75) is 25.8 Å². The third kappa shape index (κ3) is 8.10. The minimum absolute atomic E-state index is 0.0720. The summed E-state index contributed by atoms with van der Waals surface area (Å²) in [5.41, 5.74) is 1.97. The van der Waals surface area contributed by atoms with Gasteiger partial charge in [-0.25, -0.2) is 9.59 Å². The Balaban J connectivity index is 1.47. The molecule has 5 rings (SSSR count). The van der Waals surface area contributed by atoms with E-state index in [-0.39, 0.29) is 33.9 Å². The second-order valence-electron chi connectivity index (χ2n) is 10.7. The quantitative estimate of drug-likeness (QED) is 0.110. The highest BCUT2D eigenvalue weighted by Crippen LogP contribution is 2.37. The van der Waals surface area contributed by atoms with Gasteiger partial charge in [0.2, 0.25) is 0 Å². The van der Waals surface area contributed by atoms with Crippen LogP contribution in [-0.2, 0) is 25.8 Å². The Kier molecular flexibility index (Phi) is 9.68. The van der Waals surface area contributed by atoms with Gasteiger partial charge in [0.25, 0.3) is 0 Å². The van der Waals surface area contributed by atoms with Gasteiger partial charge in [-0.1, -0.05) is 78.9 Å². The second kappa shape index (κ2) is 14.0. The molecule has 0 bridgehead atoms. The lowest BCUT2D eigenvalue weighted by Gasteiger charge is -2.24. The maximum atomic E-state index is 13.7. The number of carboxylic acid groups (broad SMARTS) is 2. The number of halogens is 3. The van der Waals surface area contributed by atoms with Crippen molar-refractivity contribution in [1.82, 2.24) is 4.90 Å². The summed E-state index contributed by atoms with van der Waals surface area (Å²) < 4.78 is 41.1. The number of anilines is 4. The van der Waals surface area contributed by atoms with E-state index in [1.165, 1.54) is 36.4 Å². The third-order valence-electron chi connectivity index (χ3n) is 7.26. The molecule has 0 aliphatic heterocycles. The Morgan fingerprint density at radius 1 is 0.543 bits per heavy atom. The molecule has 0 saturated carbocycles. The van der Waals surface area contributed by atoms with Crippen LogP contribution in [0.25, 0.3) is 0 Å². The molecule has 5 aromatic rings. The van der Waals surface area contributed by atoms with Crippen LogP contribution in [0.3, 0.4) is 0 Å². The summed E-state index contributed by atoms with van der Waals surface area (Å²) in [4.78, 5) is 26.3. The maximum Gasteiger partial charge on any atom is 0.416 e. The summed E-state index contributed by atoms with van der Waals surface area (Å²) in [5, 5.41) is 25.5. The second-order valence-corrected chi connectivity index (χ2v) is 10.7. The smallest absolute Gasteiger partial charge is 0.416 e. The molecular weight excluding hydrogens is 595 g/mol. The Bertz CT molecular complexity index is 1790. The van der Waals surface area contributed by atoms with Crippen molar-refractivity contribution in [1.29, 1.82) is 0 Å². The van der Waals surface area contributed by atoms with Gasteiger partial charge in [-0.3, -0.25) is 4.90 Å². The molecule has 0 saturated heterocycles. The van der Waals surface area contributed by atoms with E-state index in [9.17, 15) is 33.0 Å². The summed E-state index contributed by atoms with van der Waals surface area (Å²) >= 11 is 0. The first kappa shape index (κ1) is 31.8. The SMILES string of the molecule is O=C(O)c1ccccc1Nc1ccc(C(F)(F)F)cc1Nc1ccc(CN(Cc2ccccc2)Cc2ccccc2)cc1C(=O)O. The first-order valence-corrected chi connectivity index (χ1v) is 14.3. The number of hydrogen-bond donors (Lipinski definition) is 4. The van der Waals surface area contributed by atoms with Crippen molar-refractivity contribution < 1.29 is 33.0 Å². The molecule has 0 unspecified atom stereocenters. The number of rotatable bonds is 12. The molecule has 46 heavy (non-hydrogen) atoms. The van der Waals surface area contributed by atoms with Gasteiger partial charge in [0.15, 0.2) is 0 Å². The van der Waals surface area contributed by atoms with Crippen molar-refractivity contribution in [3.8, 4) is 0 Å². The standard InChI is InChI=1S/C36H30F3N3O4/c37-36(38,39)27-16-18-32(40-30-14-8-7-13-28(30)34(43)44)33(20-27)41-31-17-15-26(19-29(31)35(45)46)23-42(21-24-9-3-1-4-10-24)22-25-11-5-2-6-12-25/h1-20,40-41H,21-23H2,(H,43,44)(H,45,46). The Morgan fingerprint density at radius 2 is 1.04 bits per heavy atom. The van der Waals surface area contributed by atoms with Crippen LogP contribution < -0.4 is 10.6 Å². The molecule has 0 radical (unpaired) electrons. The zero-order valence-corrected chi connectivity index (χ0v) is 24.5. The molecule has 4 N–H and O–H groups in total. The number of para-hydroxylation sites is 1. The topological polar surface area (TPSA) is 102 Å². The molecule has 0 atom stereocenters. The first-order chi connectivity index (χ1) is 22.1. The number of alkyl halides is 3. The van der Waals surface area contributed by atoms with Gasteiger partial charge >= 0.3 is 18.1 Å². The molecular formula is C36H30F3N3O4. The van der Waals surface area contributed by atoms with Crippen LogP contribution in [0.2, 0.25) is 0 Å². The predicted molar refractivity (Wildman–Crippen MR) is 171 cm³/mol. The zero-order valence-electron chi connectivity index (χ0n) is 24.5. The molecule has 0 fully saturated rings. The van der Waals surface area contributed by atoms with Crippen molar-refractivity contribution in [2.75, 3.05) is 10.6 Å². The maximum absolute atomic E-state index is 13.7. The van der Waals surface area contributed by atoms with Gasteiger partial charge in [-0.05, 0) is 59.2 Å². The van der Waals surface area contributed by atoms with Crippen LogP contribution >= 0.6 is 0 Å². The van der Waals surface area contributed by atoms with E-state index in [1.807, 2.05) is 60.7 Å². The molecule has 0 spiro atoms. The molecule has 0 amide bonds. The van der Waals surface area contributed by atoms with E-state index in [1.54, 1.807) is 12.1 Å². The highest BCUT2D eigenvalue weighted by molar-refractivity contribution is 5.98. The summed E-state index contributed by atoms with van der Waals surface area (Å²) in [7, 11) is 0. The Labute approximate surface area is 263 Å². The number of hydrogen-bond acceptors (Lipinski definition) is 5. The number of aromatic carboxylic acids is 2. The largest absolute Gasteiger partial charge is 0.478 e. The lowest BCUT2D eigenvalue weighted by molar-refractivity contribution is -0.137. The highest BCUT2D eigenvalue weighted by atomic mass is 19.4. The first-order valence-electron chi connectivity index (χ1n) is 14.3. The van der Waals surface area contributed by atoms with E-state index in [4.69, 9.17) is 0 Å². The van der Waals surface area contributed by atoms with E-state index in [0.29, 0.717) is 25.2 Å². The summed E-state index contributed by atoms with van der Waals surface area (Å²) in [6.45, 7) is 1.62. The highest BCUT2D eigenvalue weighted by Gasteiger charge is 2.31. The lowest BCUT2D eigenvalue weighted by atomic mass is 10.1. The van der Waals surface area contributed by atoms with Gasteiger partial charge in [-0.2, -0.15) is 13.2 Å². The number of nitrogens with one attached hydrogen (secondary N) is 2. The fourth-order valence-electron chi connectivity index (χ4n) is 5.09. The molecule has 0 aliphatic carbocycles. The molecule has 0 heterocycles. The summed E-state index contributed by atoms with van der Waals surface area (Å²) in [5.74, 6) is -2.48. The molecule has 7 nitrogen and oxygen atoms in total. The third-order valence-corrected chi connectivity index (χ3v) is 7.26. The van der Waals surface area contributed by atoms with Crippen LogP contribution in [0.1, 0.15) is 43.0 Å². The normalized spacial score (nSPS) is 11.3. The Morgan fingerprint density at radius 3 is 1.63 bits per heavy atom. The molecule has 0 aromatic heterocycles. The van der Waals surface area contributed by atoms with Gasteiger partial charge < -0.3 is 20.8 Å². The summed E-state index contributed by atoms with van der Waals surface area (Å²) in [6, 6.07) is 33.4. The van der Waals surface area contributed by atoms with E-state index >= 15 is 0 Å². The number of benzene rings is 5. The fourth-order valence-corrected chi connectivity index (χ4v) is 5.09. The van der Waals surface area contributed by atoms with Crippen molar-refractivity contribution in [3.63, 3.8) is 0 Å². The Hall–Kier alpha value is -5.61. The van der Waals surface area contributed by atoms with Crippen LogP contribution in [-0.4, -0.2) is 27.1 Å². The average molecular weight is 626 g/mol. The van der Waals surface area contributed by atoms with E-state index < -0.39 is 23.7 Å². The van der Waals surface area contributed by atoms with E-state index in [0.717, 1.165) is 23.3 Å². The van der Waals surface area contributed by atoms with E-state index in [2.05, 4.69) is 15.5 Å². The average Bonchev–Trinajstić information content (AvgIpc) is 3.03. The van der Waals surface area contributed by atoms with Gasteiger partial charge in [0.05, 0.1) is 39.4 Å². The van der Waals surface area contributed by atoms with Gasteiger partial charge in [0, 0.05) is 19.6 Å². The number of nitrogens with zero attached hydrogens (tertiary/aromatic N) is 1. The van der Waals surface area contributed by atoms with Gasteiger partial charge in [0.1, 0.15) is 0 Å². The minimum atomic E-state index is -4.67. The lowest BCUT2D eigenvalue weighted by Crippen LogP contribution is -2.22. The monoisotopic (exact) mass is 625 g/mol. The van der Waals surface area contributed by atoms with Crippen LogP contribution in [0.4, 0.5) is 35.9 Å². The van der Waals surface area contributed by atoms with Gasteiger partial charge in [-0.15, -0.1) is 0 Å². The predicted octanol–water partition coefficient (Wildman–Crippen LogP) is 8.79. The molecule has 0 aliphatic rings. The van der Waals surface area contributed by atoms with Crippen LogP contribution in [0.15, 0.2) is 121 Å². The number of carbonyl (C=O) groups is 2. The van der Waals surface area contributed by atoms with Crippen molar-refractivity contribution >= 4 is 34.7 Å². The van der Waals surface area contributed by atoms with Crippen molar-refractivity contribution in [3.05, 3.63) is 155 Å². The molecule has 10 heteroatoms. The molecule has 234 valence electrons.